The van der Waals surface area contributed by atoms with Crippen molar-refractivity contribution in [3.05, 3.63) is 29.8 Å². The third-order valence-corrected chi connectivity index (χ3v) is 4.81. The standard InChI is InChI=1S/C22H35NO2/c1-4-5-6-7-8-9-10-11-16-24-20-14-12-19(13-15-20)22-23-21(17-25-22)18(2)3/h12-15,18,21H,4-11,16-17H2,1-3H3/t21-/m1/s1. The lowest BCUT2D eigenvalue weighted by Gasteiger charge is -2.07. The van der Waals surface area contributed by atoms with Crippen LogP contribution in [0.1, 0.15) is 77.7 Å². The number of benzene rings is 1. The summed E-state index contributed by atoms with van der Waals surface area (Å²) in [5.74, 6) is 2.23. The second-order valence-electron chi connectivity index (χ2n) is 7.40. The van der Waals surface area contributed by atoms with Gasteiger partial charge in [0.25, 0.3) is 0 Å². The van der Waals surface area contributed by atoms with E-state index < -0.39 is 0 Å². The quantitative estimate of drug-likeness (QED) is 0.434. The molecule has 0 unspecified atom stereocenters. The lowest BCUT2D eigenvalue weighted by molar-refractivity contribution is 0.291. The molecule has 0 N–H and O–H groups in total. The number of hydrogen-bond acceptors (Lipinski definition) is 3. The normalized spacial score (nSPS) is 16.8. The number of aliphatic imine (C=N–C) groups is 1. The molecule has 140 valence electrons. The topological polar surface area (TPSA) is 30.8 Å². The molecule has 25 heavy (non-hydrogen) atoms. The van der Waals surface area contributed by atoms with Crippen LogP contribution in [0, 0.1) is 5.92 Å². The highest BCUT2D eigenvalue weighted by atomic mass is 16.5. The van der Waals surface area contributed by atoms with Gasteiger partial charge in [0, 0.05) is 5.56 Å². The maximum absolute atomic E-state index is 5.85. The molecule has 0 radical (unpaired) electrons. The highest BCUT2D eigenvalue weighted by molar-refractivity contribution is 5.95. The van der Waals surface area contributed by atoms with Gasteiger partial charge in [-0.15, -0.1) is 0 Å². The van der Waals surface area contributed by atoms with E-state index in [0.717, 1.165) is 30.2 Å². The molecule has 0 saturated carbocycles. The highest BCUT2D eigenvalue weighted by Crippen LogP contribution is 2.20. The summed E-state index contributed by atoms with van der Waals surface area (Å²) in [7, 11) is 0. The van der Waals surface area contributed by atoms with Crippen LogP contribution in [0.4, 0.5) is 0 Å². The maximum atomic E-state index is 5.85. The van der Waals surface area contributed by atoms with E-state index in [1.54, 1.807) is 0 Å². The Morgan fingerprint density at radius 1 is 1.00 bits per heavy atom. The Kier molecular flexibility index (Phi) is 8.85. The summed E-state index contributed by atoms with van der Waals surface area (Å²) in [6.07, 6.45) is 10.6. The largest absolute Gasteiger partial charge is 0.494 e. The molecule has 0 aliphatic carbocycles. The van der Waals surface area contributed by atoms with Crippen molar-refractivity contribution in [3.8, 4) is 5.75 Å². The summed E-state index contributed by atoms with van der Waals surface area (Å²) in [6.45, 7) is 8.14. The van der Waals surface area contributed by atoms with Crippen molar-refractivity contribution in [2.24, 2.45) is 10.9 Å². The minimum atomic E-state index is 0.285. The predicted molar refractivity (Wildman–Crippen MR) is 106 cm³/mol. The van der Waals surface area contributed by atoms with E-state index in [1.165, 1.54) is 44.9 Å². The number of unbranched alkanes of at least 4 members (excludes halogenated alkanes) is 7. The molecule has 3 nitrogen and oxygen atoms in total. The van der Waals surface area contributed by atoms with Crippen molar-refractivity contribution in [2.75, 3.05) is 13.2 Å². The fourth-order valence-electron chi connectivity index (χ4n) is 3.01. The molecule has 0 saturated heterocycles. The third kappa shape index (κ3) is 7.09. The smallest absolute Gasteiger partial charge is 0.216 e. The summed E-state index contributed by atoms with van der Waals surface area (Å²) in [5.41, 5.74) is 1.04. The summed E-state index contributed by atoms with van der Waals surface area (Å²) in [4.78, 5) is 4.66. The third-order valence-electron chi connectivity index (χ3n) is 4.81. The van der Waals surface area contributed by atoms with Crippen LogP contribution >= 0.6 is 0 Å². The van der Waals surface area contributed by atoms with Gasteiger partial charge in [0.05, 0.1) is 12.6 Å². The van der Waals surface area contributed by atoms with Gasteiger partial charge in [-0.05, 0) is 36.6 Å². The van der Waals surface area contributed by atoms with E-state index in [-0.39, 0.29) is 6.04 Å². The first-order valence-electron chi connectivity index (χ1n) is 10.1. The molecule has 0 amide bonds. The first-order valence-corrected chi connectivity index (χ1v) is 10.1. The van der Waals surface area contributed by atoms with Crippen LogP contribution in [0.25, 0.3) is 0 Å². The van der Waals surface area contributed by atoms with Crippen molar-refractivity contribution < 1.29 is 9.47 Å². The zero-order valence-electron chi connectivity index (χ0n) is 16.3. The second-order valence-corrected chi connectivity index (χ2v) is 7.40. The zero-order valence-corrected chi connectivity index (χ0v) is 16.3. The minimum absolute atomic E-state index is 0.285. The average Bonchev–Trinajstić information content (AvgIpc) is 3.11. The maximum Gasteiger partial charge on any atom is 0.216 e. The van der Waals surface area contributed by atoms with Gasteiger partial charge in [-0.1, -0.05) is 65.7 Å². The minimum Gasteiger partial charge on any atom is -0.494 e. The fourth-order valence-corrected chi connectivity index (χ4v) is 3.01. The Bertz CT molecular complexity index is 507. The number of nitrogens with zero attached hydrogens (tertiary/aromatic N) is 1. The molecule has 3 heteroatoms. The number of rotatable bonds is 12. The van der Waals surface area contributed by atoms with Gasteiger partial charge in [-0.25, -0.2) is 4.99 Å². The van der Waals surface area contributed by atoms with Gasteiger partial charge in [0.2, 0.25) is 5.90 Å². The predicted octanol–water partition coefficient (Wildman–Crippen LogP) is 6.01. The van der Waals surface area contributed by atoms with Gasteiger partial charge in [0.15, 0.2) is 0 Å². The van der Waals surface area contributed by atoms with Crippen molar-refractivity contribution in [3.63, 3.8) is 0 Å². The molecule has 0 spiro atoms. The molecule has 1 heterocycles. The van der Waals surface area contributed by atoms with Crippen molar-refractivity contribution in [2.45, 2.75) is 78.2 Å². The Labute approximate surface area is 153 Å². The van der Waals surface area contributed by atoms with Gasteiger partial charge >= 0.3 is 0 Å². The van der Waals surface area contributed by atoms with Crippen LogP contribution < -0.4 is 4.74 Å². The molecule has 1 aliphatic rings. The van der Waals surface area contributed by atoms with Crippen LogP contribution in [0.3, 0.4) is 0 Å². The first kappa shape index (κ1) is 19.8. The van der Waals surface area contributed by atoms with Crippen LogP contribution in [-0.4, -0.2) is 25.2 Å². The summed E-state index contributed by atoms with van der Waals surface area (Å²) in [5, 5.41) is 0. The number of ether oxygens (including phenoxy) is 2. The van der Waals surface area contributed by atoms with Gasteiger partial charge < -0.3 is 9.47 Å². The Morgan fingerprint density at radius 3 is 2.24 bits per heavy atom. The van der Waals surface area contributed by atoms with Gasteiger partial charge in [0.1, 0.15) is 12.4 Å². The summed E-state index contributed by atoms with van der Waals surface area (Å²) >= 11 is 0. The molecule has 0 bridgehead atoms. The number of hydrogen-bond donors (Lipinski definition) is 0. The highest BCUT2D eigenvalue weighted by Gasteiger charge is 2.22. The molecule has 0 aromatic heterocycles. The van der Waals surface area contributed by atoms with E-state index in [1.807, 2.05) is 24.3 Å². The lowest BCUT2D eigenvalue weighted by Crippen LogP contribution is -2.13. The molecule has 0 fully saturated rings. The summed E-state index contributed by atoms with van der Waals surface area (Å²) < 4.78 is 11.6. The SMILES string of the molecule is CCCCCCCCCCOc1ccc(C2=N[C@@H](C(C)C)CO2)cc1. The van der Waals surface area contributed by atoms with Crippen LogP contribution in [0.15, 0.2) is 29.3 Å². The van der Waals surface area contributed by atoms with Crippen molar-refractivity contribution in [1.82, 2.24) is 0 Å². The first-order chi connectivity index (χ1) is 12.2. The molecule has 1 atom stereocenters. The molecule has 1 aliphatic heterocycles. The van der Waals surface area contributed by atoms with E-state index in [2.05, 4.69) is 25.8 Å². The monoisotopic (exact) mass is 345 g/mol. The van der Waals surface area contributed by atoms with E-state index in [0.29, 0.717) is 12.5 Å². The van der Waals surface area contributed by atoms with E-state index >= 15 is 0 Å². The molecular weight excluding hydrogens is 310 g/mol. The van der Waals surface area contributed by atoms with Crippen molar-refractivity contribution >= 4 is 5.90 Å². The zero-order chi connectivity index (χ0) is 17.9. The fraction of sp³-hybridized carbons (Fsp3) is 0.682. The second kappa shape index (κ2) is 11.2. The van der Waals surface area contributed by atoms with Gasteiger partial charge in [-0.3, -0.25) is 0 Å². The van der Waals surface area contributed by atoms with Crippen LogP contribution in [0.5, 0.6) is 5.75 Å². The van der Waals surface area contributed by atoms with Crippen LogP contribution in [-0.2, 0) is 4.74 Å². The molecular formula is C22H35NO2. The van der Waals surface area contributed by atoms with E-state index in [9.17, 15) is 0 Å². The lowest BCUT2D eigenvalue weighted by atomic mass is 10.1. The van der Waals surface area contributed by atoms with Crippen molar-refractivity contribution in [1.29, 1.82) is 0 Å². The Balaban J connectivity index is 1.62. The Morgan fingerprint density at radius 2 is 1.64 bits per heavy atom. The Hall–Kier alpha value is -1.51. The average molecular weight is 346 g/mol. The van der Waals surface area contributed by atoms with Crippen LogP contribution in [0.2, 0.25) is 0 Å². The molecule has 1 aromatic carbocycles. The molecule has 1 aromatic rings. The van der Waals surface area contributed by atoms with Gasteiger partial charge in [-0.2, -0.15) is 0 Å². The summed E-state index contributed by atoms with van der Waals surface area (Å²) in [6, 6.07) is 8.42. The molecule has 2 rings (SSSR count). The van der Waals surface area contributed by atoms with E-state index in [4.69, 9.17) is 9.47 Å².